The van der Waals surface area contributed by atoms with Crippen molar-refractivity contribution in [3.05, 3.63) is 17.0 Å². The van der Waals surface area contributed by atoms with Crippen LogP contribution >= 0.6 is 0 Å². The van der Waals surface area contributed by atoms with Gasteiger partial charge in [0.1, 0.15) is 5.76 Å². The third kappa shape index (κ3) is 5.06. The van der Waals surface area contributed by atoms with Gasteiger partial charge in [0.2, 0.25) is 11.8 Å². The van der Waals surface area contributed by atoms with Gasteiger partial charge in [0.05, 0.1) is 12.2 Å². The third-order valence-electron chi connectivity index (χ3n) is 4.12. The fourth-order valence-electron chi connectivity index (χ4n) is 2.79. The first kappa shape index (κ1) is 17.5. The zero-order chi connectivity index (χ0) is 16.8. The van der Waals surface area contributed by atoms with Crippen LogP contribution in [0, 0.1) is 13.8 Å². The number of aryl methyl sites for hydroxylation is 2. The predicted octanol–water partition coefficient (Wildman–Crippen LogP) is 0.852. The Bertz CT molecular complexity index is 536. The molecule has 0 radical (unpaired) electrons. The smallest absolute Gasteiger partial charge is 0.234 e. The van der Waals surface area contributed by atoms with Crippen molar-refractivity contribution in [3.8, 4) is 0 Å². The molecule has 7 nitrogen and oxygen atoms in total. The fourth-order valence-corrected chi connectivity index (χ4v) is 2.79. The van der Waals surface area contributed by atoms with Crippen LogP contribution in [0.5, 0.6) is 0 Å². The Balaban J connectivity index is 1.63. The lowest BCUT2D eigenvalue weighted by Gasteiger charge is -2.17. The molecule has 1 saturated heterocycles. The molecule has 1 aliphatic heterocycles. The minimum Gasteiger partial charge on any atom is -0.361 e. The van der Waals surface area contributed by atoms with Crippen LogP contribution in [0.2, 0.25) is 0 Å². The second kappa shape index (κ2) is 8.10. The molecule has 1 aliphatic rings. The van der Waals surface area contributed by atoms with Gasteiger partial charge in [-0.2, -0.15) is 0 Å². The molecule has 0 saturated carbocycles. The van der Waals surface area contributed by atoms with E-state index in [1.807, 2.05) is 30.7 Å². The summed E-state index contributed by atoms with van der Waals surface area (Å²) in [6.07, 6.45) is 2.42. The average Bonchev–Trinajstić information content (AvgIpc) is 3.04. The van der Waals surface area contributed by atoms with Crippen molar-refractivity contribution in [2.45, 2.75) is 39.7 Å². The number of nitrogens with zero attached hydrogens (tertiary/aromatic N) is 3. The summed E-state index contributed by atoms with van der Waals surface area (Å²) in [6, 6.07) is 0. The first-order chi connectivity index (χ1) is 11.0. The quantitative estimate of drug-likeness (QED) is 0.718. The van der Waals surface area contributed by atoms with Crippen LogP contribution in [-0.4, -0.2) is 60.0 Å². The molecule has 1 N–H and O–H groups in total. The highest BCUT2D eigenvalue weighted by molar-refractivity contribution is 5.78. The van der Waals surface area contributed by atoms with Gasteiger partial charge in [-0.05, 0) is 33.7 Å². The number of likely N-dealkylation sites (tertiary alicyclic amines) is 1. The summed E-state index contributed by atoms with van der Waals surface area (Å²) in [5.41, 5.74) is 1.90. The highest BCUT2D eigenvalue weighted by Gasteiger charge is 2.19. The van der Waals surface area contributed by atoms with Crippen LogP contribution in [0.4, 0.5) is 0 Å². The maximum Gasteiger partial charge on any atom is 0.234 e. The number of rotatable bonds is 8. The van der Waals surface area contributed by atoms with E-state index in [0.717, 1.165) is 42.9 Å². The van der Waals surface area contributed by atoms with Crippen molar-refractivity contribution in [1.82, 2.24) is 20.3 Å². The van der Waals surface area contributed by atoms with E-state index in [9.17, 15) is 9.59 Å². The Morgan fingerprint density at radius 3 is 2.83 bits per heavy atom. The SMILES string of the molecule is Cc1noc(C)c1CN(C)CC(=O)NCCCN1CCCC1=O. The summed E-state index contributed by atoms with van der Waals surface area (Å²) in [4.78, 5) is 27.2. The molecule has 2 rings (SSSR count). The molecule has 0 unspecified atom stereocenters. The highest BCUT2D eigenvalue weighted by Crippen LogP contribution is 2.14. The molecule has 2 heterocycles. The van der Waals surface area contributed by atoms with Crippen molar-refractivity contribution < 1.29 is 14.1 Å². The standard InChI is InChI=1S/C16H26N4O3/c1-12-14(13(2)23-18-12)10-19(3)11-15(21)17-7-5-9-20-8-4-6-16(20)22/h4-11H2,1-3H3,(H,17,21). The predicted molar refractivity (Wildman–Crippen MR) is 85.8 cm³/mol. The van der Waals surface area contributed by atoms with Crippen LogP contribution in [0.3, 0.4) is 0 Å². The molecule has 0 atom stereocenters. The molecular weight excluding hydrogens is 296 g/mol. The number of nitrogens with one attached hydrogen (secondary N) is 1. The van der Waals surface area contributed by atoms with Gasteiger partial charge >= 0.3 is 0 Å². The molecule has 2 amide bonds. The normalized spacial score (nSPS) is 14.8. The summed E-state index contributed by atoms with van der Waals surface area (Å²) in [5, 5.41) is 6.82. The number of hydrogen-bond acceptors (Lipinski definition) is 5. The Labute approximate surface area is 137 Å². The summed E-state index contributed by atoms with van der Waals surface area (Å²) in [6.45, 7) is 6.93. The molecule has 1 aromatic rings. The highest BCUT2D eigenvalue weighted by atomic mass is 16.5. The Kier molecular flexibility index (Phi) is 6.15. The van der Waals surface area contributed by atoms with Gasteiger partial charge in [0.25, 0.3) is 0 Å². The lowest BCUT2D eigenvalue weighted by Crippen LogP contribution is -2.36. The first-order valence-electron chi connectivity index (χ1n) is 8.12. The second-order valence-corrected chi connectivity index (χ2v) is 6.16. The number of amides is 2. The van der Waals surface area contributed by atoms with E-state index >= 15 is 0 Å². The summed E-state index contributed by atoms with van der Waals surface area (Å²) >= 11 is 0. The topological polar surface area (TPSA) is 78.7 Å². The van der Waals surface area contributed by atoms with Crippen LogP contribution in [0.1, 0.15) is 36.3 Å². The lowest BCUT2D eigenvalue weighted by molar-refractivity contribution is -0.127. The van der Waals surface area contributed by atoms with E-state index in [2.05, 4.69) is 10.5 Å². The molecule has 1 fully saturated rings. The van der Waals surface area contributed by atoms with Gasteiger partial charge in [-0.3, -0.25) is 14.5 Å². The van der Waals surface area contributed by atoms with Crippen LogP contribution in [0.25, 0.3) is 0 Å². The van der Waals surface area contributed by atoms with E-state index in [4.69, 9.17) is 4.52 Å². The molecule has 0 aromatic carbocycles. The van der Waals surface area contributed by atoms with Crippen molar-refractivity contribution in [2.75, 3.05) is 33.2 Å². The van der Waals surface area contributed by atoms with Gasteiger partial charge in [0, 0.05) is 38.2 Å². The summed E-state index contributed by atoms with van der Waals surface area (Å²) < 4.78 is 5.13. The number of likely N-dealkylation sites (N-methyl/N-ethyl adjacent to an activating group) is 1. The maximum atomic E-state index is 11.9. The number of aromatic nitrogens is 1. The van der Waals surface area contributed by atoms with E-state index in [0.29, 0.717) is 26.1 Å². The molecule has 1 aromatic heterocycles. The largest absolute Gasteiger partial charge is 0.361 e. The van der Waals surface area contributed by atoms with Crippen molar-refractivity contribution in [3.63, 3.8) is 0 Å². The lowest BCUT2D eigenvalue weighted by atomic mass is 10.2. The van der Waals surface area contributed by atoms with Crippen LogP contribution in [-0.2, 0) is 16.1 Å². The zero-order valence-electron chi connectivity index (χ0n) is 14.2. The number of hydrogen-bond donors (Lipinski definition) is 1. The van der Waals surface area contributed by atoms with E-state index < -0.39 is 0 Å². The van der Waals surface area contributed by atoms with Crippen molar-refractivity contribution >= 4 is 11.8 Å². The van der Waals surface area contributed by atoms with E-state index in [-0.39, 0.29) is 11.8 Å². The molecule has 23 heavy (non-hydrogen) atoms. The van der Waals surface area contributed by atoms with Gasteiger partial charge < -0.3 is 14.7 Å². The Morgan fingerprint density at radius 1 is 1.43 bits per heavy atom. The van der Waals surface area contributed by atoms with Gasteiger partial charge in [-0.1, -0.05) is 5.16 Å². The molecule has 7 heteroatoms. The monoisotopic (exact) mass is 322 g/mol. The minimum atomic E-state index is -0.00740. The van der Waals surface area contributed by atoms with Gasteiger partial charge in [-0.15, -0.1) is 0 Å². The first-order valence-corrected chi connectivity index (χ1v) is 8.12. The number of carbonyl (C=O) groups is 2. The fraction of sp³-hybridized carbons (Fsp3) is 0.688. The number of carbonyl (C=O) groups excluding carboxylic acids is 2. The molecule has 0 spiro atoms. The zero-order valence-corrected chi connectivity index (χ0v) is 14.2. The van der Waals surface area contributed by atoms with Crippen molar-refractivity contribution in [1.29, 1.82) is 0 Å². The van der Waals surface area contributed by atoms with E-state index in [1.165, 1.54) is 0 Å². The maximum absolute atomic E-state index is 11.9. The van der Waals surface area contributed by atoms with Gasteiger partial charge in [-0.25, -0.2) is 0 Å². The van der Waals surface area contributed by atoms with Crippen LogP contribution < -0.4 is 5.32 Å². The summed E-state index contributed by atoms with van der Waals surface area (Å²) in [5.74, 6) is 1.02. The molecule has 0 bridgehead atoms. The van der Waals surface area contributed by atoms with Crippen LogP contribution in [0.15, 0.2) is 4.52 Å². The Morgan fingerprint density at radius 2 is 2.22 bits per heavy atom. The molecule has 0 aliphatic carbocycles. The molecule has 128 valence electrons. The second-order valence-electron chi connectivity index (χ2n) is 6.16. The van der Waals surface area contributed by atoms with Gasteiger partial charge in [0.15, 0.2) is 0 Å². The Hall–Kier alpha value is -1.89. The molecular formula is C16H26N4O3. The van der Waals surface area contributed by atoms with E-state index in [1.54, 1.807) is 0 Å². The summed E-state index contributed by atoms with van der Waals surface area (Å²) in [7, 11) is 1.90. The minimum absolute atomic E-state index is 0.00740. The van der Waals surface area contributed by atoms with Crippen molar-refractivity contribution in [2.24, 2.45) is 0 Å². The average molecular weight is 322 g/mol. The third-order valence-corrected chi connectivity index (χ3v) is 4.12.